The number of fused-ring (bicyclic) bond motifs is 1. The largest absolute Gasteiger partial charge is 0.508 e. The van der Waals surface area contributed by atoms with Crippen molar-refractivity contribution in [3.63, 3.8) is 0 Å². The number of rotatable bonds is 3. The number of amides is 1. The van der Waals surface area contributed by atoms with Crippen molar-refractivity contribution in [2.24, 2.45) is 5.73 Å². The number of phenols is 1. The molecule has 0 atom stereocenters. The first kappa shape index (κ1) is 16.9. The molecule has 2 aromatic carbocycles. The van der Waals surface area contributed by atoms with Crippen LogP contribution in [0.2, 0.25) is 5.02 Å². The van der Waals surface area contributed by atoms with E-state index in [1.807, 2.05) is 0 Å². The van der Waals surface area contributed by atoms with Crippen molar-refractivity contribution < 1.29 is 14.3 Å². The smallest absolute Gasteiger partial charge is 0.254 e. The SMILES string of the molecule is NC(=O)c1cn(-c2ccc(O)cc2Cl)c2cc(-c3ccoc3)ccc2c1=O. The van der Waals surface area contributed by atoms with Crippen LogP contribution in [-0.4, -0.2) is 15.6 Å². The minimum absolute atomic E-state index is 0.00307. The summed E-state index contributed by atoms with van der Waals surface area (Å²) in [5.41, 5.74) is 7.47. The molecule has 3 N–H and O–H groups in total. The van der Waals surface area contributed by atoms with E-state index < -0.39 is 11.3 Å². The maximum atomic E-state index is 12.7. The molecule has 2 heterocycles. The van der Waals surface area contributed by atoms with Gasteiger partial charge in [0, 0.05) is 23.2 Å². The highest BCUT2D eigenvalue weighted by atomic mass is 35.5. The Bertz CT molecular complexity index is 1240. The summed E-state index contributed by atoms with van der Waals surface area (Å²) in [6, 6.07) is 11.4. The number of nitrogens with two attached hydrogens (primary N) is 1. The first-order valence-corrected chi connectivity index (χ1v) is 8.34. The molecule has 0 spiro atoms. The topological polar surface area (TPSA) is 98.5 Å². The molecular weight excluding hydrogens is 368 g/mol. The van der Waals surface area contributed by atoms with E-state index in [9.17, 15) is 14.7 Å². The van der Waals surface area contributed by atoms with E-state index in [1.54, 1.807) is 47.4 Å². The number of nitrogens with zero attached hydrogens (tertiary/aromatic N) is 1. The van der Waals surface area contributed by atoms with Crippen LogP contribution in [0.15, 0.2) is 70.4 Å². The second kappa shape index (κ2) is 6.34. The van der Waals surface area contributed by atoms with E-state index in [-0.39, 0.29) is 16.3 Å². The minimum atomic E-state index is -0.829. The van der Waals surface area contributed by atoms with E-state index in [0.29, 0.717) is 16.6 Å². The highest BCUT2D eigenvalue weighted by molar-refractivity contribution is 6.32. The Hall–Kier alpha value is -3.51. The van der Waals surface area contributed by atoms with Crippen LogP contribution >= 0.6 is 11.6 Å². The Morgan fingerprint density at radius 1 is 1.11 bits per heavy atom. The maximum Gasteiger partial charge on any atom is 0.254 e. The van der Waals surface area contributed by atoms with E-state index >= 15 is 0 Å². The number of furan rings is 1. The number of aromatic nitrogens is 1. The van der Waals surface area contributed by atoms with Crippen molar-refractivity contribution in [3.05, 3.63) is 82.0 Å². The van der Waals surface area contributed by atoms with Gasteiger partial charge in [-0.1, -0.05) is 17.7 Å². The van der Waals surface area contributed by atoms with E-state index in [0.717, 1.165) is 11.1 Å². The summed E-state index contributed by atoms with van der Waals surface area (Å²) in [5.74, 6) is -0.826. The number of phenolic OH excluding ortho intramolecular Hbond substituents is 1. The van der Waals surface area contributed by atoms with Crippen LogP contribution in [0.4, 0.5) is 0 Å². The van der Waals surface area contributed by atoms with Gasteiger partial charge < -0.3 is 19.8 Å². The fourth-order valence-electron chi connectivity index (χ4n) is 3.00. The van der Waals surface area contributed by atoms with Gasteiger partial charge in [0.05, 0.1) is 28.8 Å². The number of hydrogen-bond donors (Lipinski definition) is 2. The Morgan fingerprint density at radius 3 is 2.59 bits per heavy atom. The lowest BCUT2D eigenvalue weighted by Gasteiger charge is -2.15. The molecule has 0 fully saturated rings. The Morgan fingerprint density at radius 2 is 1.93 bits per heavy atom. The first-order valence-electron chi connectivity index (χ1n) is 7.96. The number of benzene rings is 2. The molecule has 0 saturated heterocycles. The fraction of sp³-hybridized carbons (Fsp3) is 0. The quantitative estimate of drug-likeness (QED) is 0.566. The molecule has 0 aliphatic rings. The summed E-state index contributed by atoms with van der Waals surface area (Å²) < 4.78 is 6.74. The zero-order valence-corrected chi connectivity index (χ0v) is 14.6. The molecule has 0 bridgehead atoms. The number of halogens is 1. The van der Waals surface area contributed by atoms with Crippen LogP contribution < -0.4 is 11.2 Å². The summed E-state index contributed by atoms with van der Waals surface area (Å²) in [6.45, 7) is 0. The van der Waals surface area contributed by atoms with Gasteiger partial charge in [-0.05, 0) is 35.9 Å². The van der Waals surface area contributed by atoms with Crippen molar-refractivity contribution in [2.45, 2.75) is 0 Å². The van der Waals surface area contributed by atoms with Crippen molar-refractivity contribution in [3.8, 4) is 22.6 Å². The van der Waals surface area contributed by atoms with Gasteiger partial charge in [0.25, 0.3) is 5.91 Å². The maximum absolute atomic E-state index is 12.7. The molecule has 0 radical (unpaired) electrons. The molecule has 2 aromatic heterocycles. The van der Waals surface area contributed by atoms with Gasteiger partial charge in [-0.2, -0.15) is 0 Å². The third kappa shape index (κ3) is 2.86. The monoisotopic (exact) mass is 380 g/mol. The molecule has 7 heteroatoms. The Labute approximate surface area is 158 Å². The van der Waals surface area contributed by atoms with Crippen molar-refractivity contribution >= 4 is 28.4 Å². The molecule has 134 valence electrons. The molecule has 4 rings (SSSR count). The number of aromatic hydroxyl groups is 1. The van der Waals surface area contributed by atoms with Crippen molar-refractivity contribution in [1.82, 2.24) is 4.57 Å². The normalized spacial score (nSPS) is 11.0. The lowest BCUT2D eigenvalue weighted by Crippen LogP contribution is -2.24. The highest BCUT2D eigenvalue weighted by Gasteiger charge is 2.16. The minimum Gasteiger partial charge on any atom is -0.508 e. The van der Waals surface area contributed by atoms with Gasteiger partial charge in [0.2, 0.25) is 5.43 Å². The van der Waals surface area contributed by atoms with Crippen LogP contribution in [-0.2, 0) is 0 Å². The summed E-state index contributed by atoms with van der Waals surface area (Å²) >= 11 is 6.29. The Kier molecular flexibility index (Phi) is 3.97. The van der Waals surface area contributed by atoms with Crippen LogP contribution in [0.1, 0.15) is 10.4 Å². The second-order valence-electron chi connectivity index (χ2n) is 5.99. The molecular formula is C20H13ClN2O4. The fourth-order valence-corrected chi connectivity index (χ4v) is 3.27. The zero-order valence-electron chi connectivity index (χ0n) is 13.8. The third-order valence-corrected chi connectivity index (χ3v) is 4.62. The van der Waals surface area contributed by atoms with Crippen molar-refractivity contribution in [2.75, 3.05) is 0 Å². The van der Waals surface area contributed by atoms with E-state index in [4.69, 9.17) is 21.8 Å². The van der Waals surface area contributed by atoms with Gasteiger partial charge in [0.15, 0.2) is 0 Å². The predicted octanol–water partition coefficient (Wildman–Crippen LogP) is 3.71. The zero-order chi connectivity index (χ0) is 19.1. The average molecular weight is 381 g/mol. The van der Waals surface area contributed by atoms with Gasteiger partial charge in [-0.15, -0.1) is 0 Å². The molecule has 1 amide bonds. The number of pyridine rings is 1. The standard InChI is InChI=1S/C20H13ClN2O4/c21-16-8-13(24)2-4-17(16)23-9-15(20(22)26)19(25)14-3-1-11(7-18(14)23)12-5-6-27-10-12/h1-10,24H,(H2,22,26). The number of primary amides is 1. The van der Waals surface area contributed by atoms with Crippen LogP contribution in [0, 0.1) is 0 Å². The summed E-state index contributed by atoms with van der Waals surface area (Å²) in [4.78, 5) is 24.4. The van der Waals surface area contributed by atoms with Gasteiger partial charge in [-0.25, -0.2) is 0 Å². The summed E-state index contributed by atoms with van der Waals surface area (Å²) in [7, 11) is 0. The molecule has 27 heavy (non-hydrogen) atoms. The number of hydrogen-bond acceptors (Lipinski definition) is 4. The van der Waals surface area contributed by atoms with Crippen LogP contribution in [0.5, 0.6) is 5.75 Å². The third-order valence-electron chi connectivity index (χ3n) is 4.32. The average Bonchev–Trinajstić information content (AvgIpc) is 3.17. The lowest BCUT2D eigenvalue weighted by atomic mass is 10.0. The van der Waals surface area contributed by atoms with Gasteiger partial charge in [0.1, 0.15) is 11.3 Å². The molecule has 0 aliphatic heterocycles. The summed E-state index contributed by atoms with van der Waals surface area (Å²) in [5, 5.41) is 10.2. The first-order chi connectivity index (χ1) is 13.0. The molecule has 0 unspecified atom stereocenters. The van der Waals surface area contributed by atoms with Gasteiger partial charge in [-0.3, -0.25) is 9.59 Å². The van der Waals surface area contributed by atoms with E-state index in [2.05, 4.69) is 0 Å². The second-order valence-corrected chi connectivity index (χ2v) is 6.39. The predicted molar refractivity (Wildman–Crippen MR) is 102 cm³/mol. The highest BCUT2D eigenvalue weighted by Crippen LogP contribution is 2.30. The number of carbonyl (C=O) groups excluding carboxylic acids is 1. The van der Waals surface area contributed by atoms with Crippen molar-refractivity contribution in [1.29, 1.82) is 0 Å². The molecule has 0 saturated carbocycles. The number of carbonyl (C=O) groups is 1. The van der Waals surface area contributed by atoms with Crippen LogP contribution in [0.25, 0.3) is 27.7 Å². The molecule has 4 aromatic rings. The Balaban J connectivity index is 2.10. The van der Waals surface area contributed by atoms with Gasteiger partial charge >= 0.3 is 0 Å². The lowest BCUT2D eigenvalue weighted by molar-refractivity contribution is 0.0999. The molecule has 0 aliphatic carbocycles. The van der Waals surface area contributed by atoms with Crippen LogP contribution in [0.3, 0.4) is 0 Å². The summed E-state index contributed by atoms with van der Waals surface area (Å²) in [6.07, 6.45) is 4.51. The van der Waals surface area contributed by atoms with E-state index in [1.165, 1.54) is 18.3 Å². The molecule has 6 nitrogen and oxygen atoms in total.